The summed E-state index contributed by atoms with van der Waals surface area (Å²) >= 11 is 6.48. The van der Waals surface area contributed by atoms with E-state index in [1.54, 1.807) is 11.6 Å². The number of nitrogens with one attached hydrogen (secondary N) is 1. The van der Waals surface area contributed by atoms with Crippen molar-refractivity contribution in [1.82, 2.24) is 15.1 Å². The molecule has 1 heterocycles. The molecule has 2 aromatic rings. The van der Waals surface area contributed by atoms with Crippen LogP contribution in [0.25, 0.3) is 6.08 Å². The Morgan fingerprint density at radius 1 is 1.36 bits per heavy atom. The Hall–Kier alpha value is -2.62. The quantitative estimate of drug-likeness (QED) is 0.396. The first-order chi connectivity index (χ1) is 13.5. The fourth-order valence-electron chi connectivity index (χ4n) is 2.61. The Labute approximate surface area is 170 Å². The van der Waals surface area contributed by atoms with Gasteiger partial charge in [0, 0.05) is 25.3 Å². The van der Waals surface area contributed by atoms with E-state index in [1.165, 1.54) is 11.6 Å². The molecule has 2 rings (SSSR count). The zero-order chi connectivity index (χ0) is 20.5. The van der Waals surface area contributed by atoms with Crippen LogP contribution in [0.2, 0.25) is 5.15 Å². The Morgan fingerprint density at radius 2 is 2.07 bits per heavy atom. The number of nitrogens with zero attached hydrogens (tertiary/aromatic N) is 3. The minimum absolute atomic E-state index is 0.00343. The van der Waals surface area contributed by atoms with Gasteiger partial charge in [0.2, 0.25) is 0 Å². The van der Waals surface area contributed by atoms with Crippen molar-refractivity contribution in [3.63, 3.8) is 0 Å². The van der Waals surface area contributed by atoms with Crippen molar-refractivity contribution in [2.45, 2.75) is 33.7 Å². The van der Waals surface area contributed by atoms with Gasteiger partial charge in [0.25, 0.3) is 5.91 Å². The highest BCUT2D eigenvalue weighted by atomic mass is 35.5. The number of hydrogen-bond acceptors (Lipinski definition) is 4. The predicted octanol–water partition coefficient (Wildman–Crippen LogP) is 3.65. The summed E-state index contributed by atoms with van der Waals surface area (Å²) in [5, 5.41) is 16.9. The number of carbonyl (C=O) groups is 1. The van der Waals surface area contributed by atoms with Crippen molar-refractivity contribution < 1.29 is 9.53 Å². The molecule has 0 fully saturated rings. The van der Waals surface area contributed by atoms with E-state index in [0.717, 1.165) is 5.56 Å². The van der Waals surface area contributed by atoms with Crippen LogP contribution in [0.5, 0.6) is 0 Å². The normalized spacial score (nSPS) is 11.3. The first-order valence-corrected chi connectivity index (χ1v) is 9.60. The predicted molar refractivity (Wildman–Crippen MR) is 110 cm³/mol. The van der Waals surface area contributed by atoms with E-state index in [-0.39, 0.29) is 5.57 Å². The molecule has 0 aliphatic carbocycles. The zero-order valence-electron chi connectivity index (χ0n) is 16.5. The first kappa shape index (κ1) is 21.7. The van der Waals surface area contributed by atoms with Crippen molar-refractivity contribution in [2.75, 3.05) is 19.8 Å². The minimum Gasteiger partial charge on any atom is -0.382 e. The molecule has 148 valence electrons. The van der Waals surface area contributed by atoms with Gasteiger partial charge in [-0.05, 0) is 38.8 Å². The Balaban J connectivity index is 2.12. The number of amides is 1. The summed E-state index contributed by atoms with van der Waals surface area (Å²) in [6.45, 7) is 7.92. The van der Waals surface area contributed by atoms with Gasteiger partial charge in [-0.15, -0.1) is 0 Å². The summed E-state index contributed by atoms with van der Waals surface area (Å²) in [5.41, 5.74) is 3.49. The molecule has 1 amide bonds. The molecule has 0 saturated carbocycles. The SMILES string of the molecule is CCOCCCNC(=O)/C(C#N)=C/c1c(C)nn(Cc2ccc(C)cc2)c1Cl. The molecule has 0 atom stereocenters. The standard InChI is InChI=1S/C21H25ClN4O2/c1-4-28-11-5-10-24-21(27)18(13-23)12-19-16(3)25-26(20(19)22)14-17-8-6-15(2)7-9-17/h6-9,12H,4-5,10-11,14H2,1-3H3,(H,24,27)/b18-12+. The molecule has 0 aliphatic rings. The number of rotatable bonds is 9. The molecule has 28 heavy (non-hydrogen) atoms. The van der Waals surface area contributed by atoms with Crippen molar-refractivity contribution in [2.24, 2.45) is 0 Å². The molecule has 1 N–H and O–H groups in total. The topological polar surface area (TPSA) is 79.9 Å². The number of carbonyl (C=O) groups excluding carboxylic acids is 1. The van der Waals surface area contributed by atoms with Crippen molar-refractivity contribution in [1.29, 1.82) is 5.26 Å². The first-order valence-electron chi connectivity index (χ1n) is 9.22. The third-order valence-corrected chi connectivity index (χ3v) is 4.57. The molecule has 1 aromatic heterocycles. The molecule has 0 bridgehead atoms. The zero-order valence-corrected chi connectivity index (χ0v) is 17.2. The molecule has 1 aromatic carbocycles. The summed E-state index contributed by atoms with van der Waals surface area (Å²) in [5.74, 6) is -0.430. The van der Waals surface area contributed by atoms with E-state index in [2.05, 4.69) is 10.4 Å². The molecule has 0 spiro atoms. The number of nitriles is 1. The average Bonchev–Trinajstić information content (AvgIpc) is 2.94. The summed E-state index contributed by atoms with van der Waals surface area (Å²) in [4.78, 5) is 12.3. The second-order valence-electron chi connectivity index (χ2n) is 6.41. The van der Waals surface area contributed by atoms with Crippen LogP contribution in [-0.2, 0) is 16.1 Å². The third-order valence-electron chi connectivity index (χ3n) is 4.17. The number of aryl methyl sites for hydroxylation is 2. The monoisotopic (exact) mass is 400 g/mol. The van der Waals surface area contributed by atoms with Crippen molar-refractivity contribution in [3.05, 3.63) is 57.4 Å². The fourth-order valence-corrected chi connectivity index (χ4v) is 2.90. The van der Waals surface area contributed by atoms with Gasteiger partial charge in [-0.25, -0.2) is 4.68 Å². The molecule has 0 aliphatic heterocycles. The van der Waals surface area contributed by atoms with Gasteiger partial charge in [0.05, 0.1) is 12.2 Å². The van der Waals surface area contributed by atoms with Gasteiger partial charge >= 0.3 is 0 Å². The lowest BCUT2D eigenvalue weighted by Crippen LogP contribution is -2.26. The summed E-state index contributed by atoms with van der Waals surface area (Å²) in [6.07, 6.45) is 2.18. The van der Waals surface area contributed by atoms with E-state index >= 15 is 0 Å². The van der Waals surface area contributed by atoms with Crippen LogP contribution in [0.1, 0.15) is 35.7 Å². The number of ether oxygens (including phenoxy) is 1. The lowest BCUT2D eigenvalue weighted by Gasteiger charge is -2.05. The van der Waals surface area contributed by atoms with Gasteiger partial charge in [-0.2, -0.15) is 10.4 Å². The van der Waals surface area contributed by atoms with Gasteiger partial charge in [-0.3, -0.25) is 4.79 Å². The Bertz CT molecular complexity index is 879. The summed E-state index contributed by atoms with van der Waals surface area (Å²) < 4.78 is 6.90. The van der Waals surface area contributed by atoms with E-state index < -0.39 is 5.91 Å². The van der Waals surface area contributed by atoms with E-state index in [9.17, 15) is 10.1 Å². The average molecular weight is 401 g/mol. The van der Waals surface area contributed by atoms with Gasteiger partial charge in [0.15, 0.2) is 0 Å². The largest absolute Gasteiger partial charge is 0.382 e. The molecule has 7 heteroatoms. The van der Waals surface area contributed by atoms with Crippen LogP contribution < -0.4 is 5.32 Å². The second-order valence-corrected chi connectivity index (χ2v) is 6.77. The van der Waals surface area contributed by atoms with Crippen molar-refractivity contribution in [3.8, 4) is 6.07 Å². The van der Waals surface area contributed by atoms with Crippen LogP contribution in [0.3, 0.4) is 0 Å². The molecular weight excluding hydrogens is 376 g/mol. The molecular formula is C21H25ClN4O2. The number of benzene rings is 1. The van der Waals surface area contributed by atoms with Crippen LogP contribution in [0.4, 0.5) is 0 Å². The molecule has 0 unspecified atom stereocenters. The lowest BCUT2D eigenvalue weighted by atomic mass is 10.1. The lowest BCUT2D eigenvalue weighted by molar-refractivity contribution is -0.117. The fraction of sp³-hybridized carbons (Fsp3) is 0.381. The number of halogens is 1. The van der Waals surface area contributed by atoms with Crippen LogP contribution >= 0.6 is 11.6 Å². The van der Waals surface area contributed by atoms with Crippen LogP contribution in [-0.4, -0.2) is 35.4 Å². The highest BCUT2D eigenvalue weighted by Gasteiger charge is 2.16. The summed E-state index contributed by atoms with van der Waals surface area (Å²) in [6, 6.07) is 10.1. The van der Waals surface area contributed by atoms with Crippen molar-refractivity contribution >= 4 is 23.6 Å². The van der Waals surface area contributed by atoms with Gasteiger partial charge in [0.1, 0.15) is 16.8 Å². The van der Waals surface area contributed by atoms with Crippen LogP contribution in [0.15, 0.2) is 29.8 Å². The second kappa shape index (κ2) is 10.6. The highest BCUT2D eigenvalue weighted by Crippen LogP contribution is 2.23. The minimum atomic E-state index is -0.430. The summed E-state index contributed by atoms with van der Waals surface area (Å²) in [7, 11) is 0. The molecule has 6 nitrogen and oxygen atoms in total. The smallest absolute Gasteiger partial charge is 0.261 e. The Kier molecular flexibility index (Phi) is 8.24. The number of hydrogen-bond donors (Lipinski definition) is 1. The maximum absolute atomic E-state index is 12.3. The maximum Gasteiger partial charge on any atom is 0.261 e. The van der Waals surface area contributed by atoms with Gasteiger partial charge < -0.3 is 10.1 Å². The third kappa shape index (κ3) is 5.95. The Morgan fingerprint density at radius 3 is 2.71 bits per heavy atom. The van der Waals surface area contributed by atoms with E-state index in [4.69, 9.17) is 16.3 Å². The van der Waals surface area contributed by atoms with Gasteiger partial charge in [-0.1, -0.05) is 41.4 Å². The maximum atomic E-state index is 12.3. The number of aromatic nitrogens is 2. The van der Waals surface area contributed by atoms with Crippen LogP contribution in [0, 0.1) is 25.2 Å². The molecule has 0 radical (unpaired) electrons. The van der Waals surface area contributed by atoms with E-state index in [0.29, 0.717) is 49.1 Å². The highest BCUT2D eigenvalue weighted by molar-refractivity contribution is 6.31. The van der Waals surface area contributed by atoms with E-state index in [1.807, 2.05) is 44.2 Å². The molecule has 0 saturated heterocycles.